The van der Waals surface area contributed by atoms with Crippen LogP contribution in [0.25, 0.3) is 0 Å². The monoisotopic (exact) mass is 177 g/mol. The second-order valence-electron chi connectivity index (χ2n) is 3.09. The van der Waals surface area contributed by atoms with Gasteiger partial charge < -0.3 is 11.1 Å². The van der Waals surface area contributed by atoms with Gasteiger partial charge in [-0.2, -0.15) is 0 Å². The molecule has 13 heavy (non-hydrogen) atoms. The first-order chi connectivity index (χ1) is 6.13. The van der Waals surface area contributed by atoms with Gasteiger partial charge in [-0.3, -0.25) is 0 Å². The van der Waals surface area contributed by atoms with Gasteiger partial charge in [-0.05, 0) is 19.4 Å². The Morgan fingerprint density at radius 2 is 2.38 bits per heavy atom. The van der Waals surface area contributed by atoms with Gasteiger partial charge in [0.25, 0.3) is 0 Å². The van der Waals surface area contributed by atoms with Crippen LogP contribution >= 0.6 is 0 Å². The number of nitrogens with zero attached hydrogens (tertiary/aromatic N) is 1. The van der Waals surface area contributed by atoms with Crippen LogP contribution in [0.5, 0.6) is 0 Å². The molecule has 0 amide bonds. The van der Waals surface area contributed by atoms with E-state index < -0.39 is 0 Å². The van der Waals surface area contributed by atoms with Crippen LogP contribution in [-0.2, 0) is 0 Å². The SMILES string of the molecule is C=CC(C)Nc1cc(N)c(C)cn1. The number of nitrogen functional groups attached to an aromatic ring is 1. The van der Waals surface area contributed by atoms with Gasteiger partial charge in [-0.25, -0.2) is 4.98 Å². The predicted molar refractivity (Wildman–Crippen MR) is 56.7 cm³/mol. The van der Waals surface area contributed by atoms with E-state index in [1.54, 1.807) is 6.20 Å². The van der Waals surface area contributed by atoms with E-state index in [0.29, 0.717) is 0 Å². The fraction of sp³-hybridized carbons (Fsp3) is 0.300. The van der Waals surface area contributed by atoms with Crippen LogP contribution in [0.3, 0.4) is 0 Å². The zero-order chi connectivity index (χ0) is 9.84. The van der Waals surface area contributed by atoms with Crippen molar-refractivity contribution in [3.8, 4) is 0 Å². The second-order valence-corrected chi connectivity index (χ2v) is 3.09. The summed E-state index contributed by atoms with van der Waals surface area (Å²) in [5.74, 6) is 0.788. The summed E-state index contributed by atoms with van der Waals surface area (Å²) in [6, 6.07) is 2.03. The Balaban J connectivity index is 2.79. The lowest BCUT2D eigenvalue weighted by atomic mass is 10.2. The largest absolute Gasteiger partial charge is 0.398 e. The molecule has 3 heteroatoms. The van der Waals surface area contributed by atoms with Gasteiger partial charge in [0.2, 0.25) is 0 Å². The van der Waals surface area contributed by atoms with Crippen LogP contribution < -0.4 is 11.1 Å². The van der Waals surface area contributed by atoms with Crippen molar-refractivity contribution in [2.24, 2.45) is 0 Å². The summed E-state index contributed by atoms with van der Waals surface area (Å²) in [6.45, 7) is 7.61. The van der Waals surface area contributed by atoms with Crippen LogP contribution in [0.2, 0.25) is 0 Å². The third-order valence-corrected chi connectivity index (χ3v) is 1.87. The van der Waals surface area contributed by atoms with E-state index in [1.807, 2.05) is 26.0 Å². The van der Waals surface area contributed by atoms with Crippen LogP contribution in [0, 0.1) is 6.92 Å². The average molecular weight is 177 g/mol. The molecule has 1 rings (SSSR count). The molecule has 3 N–H and O–H groups in total. The number of pyridine rings is 1. The second kappa shape index (κ2) is 3.94. The predicted octanol–water partition coefficient (Wildman–Crippen LogP) is 1.96. The molecule has 1 heterocycles. The first-order valence-corrected chi connectivity index (χ1v) is 4.24. The maximum absolute atomic E-state index is 5.73. The summed E-state index contributed by atoms with van der Waals surface area (Å²) >= 11 is 0. The molecule has 1 aromatic heterocycles. The van der Waals surface area contributed by atoms with Gasteiger partial charge in [0.15, 0.2) is 0 Å². The summed E-state index contributed by atoms with van der Waals surface area (Å²) in [6.07, 6.45) is 3.57. The van der Waals surface area contributed by atoms with Gasteiger partial charge in [-0.15, -0.1) is 6.58 Å². The first kappa shape index (κ1) is 9.58. The minimum atomic E-state index is 0.203. The van der Waals surface area contributed by atoms with Gasteiger partial charge in [0.05, 0.1) is 0 Å². The van der Waals surface area contributed by atoms with Gasteiger partial charge in [0.1, 0.15) is 5.82 Å². The first-order valence-electron chi connectivity index (χ1n) is 4.24. The Kier molecular flexibility index (Phi) is 2.90. The van der Waals surface area contributed by atoms with Gasteiger partial charge in [0, 0.05) is 24.0 Å². The third kappa shape index (κ3) is 2.47. The molecule has 0 bridgehead atoms. The molecule has 1 unspecified atom stereocenters. The Morgan fingerprint density at radius 1 is 1.69 bits per heavy atom. The molecular formula is C10H15N3. The number of nitrogens with one attached hydrogen (secondary N) is 1. The van der Waals surface area contributed by atoms with Crippen molar-refractivity contribution in [1.82, 2.24) is 4.98 Å². The molecule has 0 aliphatic heterocycles. The fourth-order valence-corrected chi connectivity index (χ4v) is 0.910. The van der Waals surface area contributed by atoms with E-state index in [2.05, 4.69) is 16.9 Å². The number of aryl methyl sites for hydroxylation is 1. The number of nitrogens with two attached hydrogens (primary N) is 1. The summed E-state index contributed by atoms with van der Waals surface area (Å²) in [4.78, 5) is 4.19. The molecule has 70 valence electrons. The van der Waals surface area contributed by atoms with E-state index >= 15 is 0 Å². The van der Waals surface area contributed by atoms with Crippen molar-refractivity contribution >= 4 is 11.5 Å². The molecule has 3 nitrogen and oxygen atoms in total. The molecular weight excluding hydrogens is 162 g/mol. The van der Waals surface area contributed by atoms with Crippen LogP contribution in [0.1, 0.15) is 12.5 Å². The Bertz CT molecular complexity index is 307. The van der Waals surface area contributed by atoms with Crippen LogP contribution in [0.4, 0.5) is 11.5 Å². The zero-order valence-electron chi connectivity index (χ0n) is 8.04. The van der Waals surface area contributed by atoms with Crippen molar-refractivity contribution in [3.05, 3.63) is 30.5 Å². The smallest absolute Gasteiger partial charge is 0.128 e. The number of hydrogen-bond donors (Lipinski definition) is 2. The Morgan fingerprint density at radius 3 is 2.92 bits per heavy atom. The highest BCUT2D eigenvalue weighted by Gasteiger charge is 1.99. The lowest BCUT2D eigenvalue weighted by molar-refractivity contribution is 0.983. The number of hydrogen-bond acceptors (Lipinski definition) is 3. The van der Waals surface area contributed by atoms with E-state index in [1.165, 1.54) is 0 Å². The van der Waals surface area contributed by atoms with E-state index in [4.69, 9.17) is 5.73 Å². The van der Waals surface area contributed by atoms with Crippen LogP contribution in [-0.4, -0.2) is 11.0 Å². The summed E-state index contributed by atoms with van der Waals surface area (Å²) < 4.78 is 0. The quantitative estimate of drug-likeness (QED) is 0.694. The van der Waals surface area contributed by atoms with E-state index in [-0.39, 0.29) is 6.04 Å². The topological polar surface area (TPSA) is 50.9 Å². The highest BCUT2D eigenvalue weighted by molar-refractivity contribution is 5.53. The molecule has 0 spiro atoms. The van der Waals surface area contributed by atoms with Gasteiger partial charge in [-0.1, -0.05) is 6.08 Å². The lowest BCUT2D eigenvalue weighted by Crippen LogP contribution is -2.12. The third-order valence-electron chi connectivity index (χ3n) is 1.87. The zero-order valence-corrected chi connectivity index (χ0v) is 8.04. The van der Waals surface area contributed by atoms with Gasteiger partial charge >= 0.3 is 0 Å². The maximum Gasteiger partial charge on any atom is 0.128 e. The molecule has 0 radical (unpaired) electrons. The normalized spacial score (nSPS) is 12.2. The number of anilines is 2. The highest BCUT2D eigenvalue weighted by atomic mass is 15.0. The molecule has 0 saturated carbocycles. The Labute approximate surface area is 78.7 Å². The van der Waals surface area contributed by atoms with E-state index in [9.17, 15) is 0 Å². The standard InChI is InChI=1S/C10H15N3/c1-4-8(3)13-10-5-9(11)7(2)6-12-10/h4-6,8H,1H2,2-3H3,(H3,11,12,13). The number of aromatic nitrogens is 1. The summed E-state index contributed by atoms with van der Waals surface area (Å²) in [5.41, 5.74) is 7.49. The molecule has 0 aromatic carbocycles. The Hall–Kier alpha value is -1.51. The molecule has 0 saturated heterocycles. The lowest BCUT2D eigenvalue weighted by Gasteiger charge is -2.10. The summed E-state index contributed by atoms with van der Waals surface area (Å²) in [5, 5.41) is 3.15. The average Bonchev–Trinajstić information content (AvgIpc) is 2.11. The van der Waals surface area contributed by atoms with E-state index in [0.717, 1.165) is 17.1 Å². The molecule has 1 aromatic rings. The van der Waals surface area contributed by atoms with Crippen molar-refractivity contribution in [1.29, 1.82) is 0 Å². The maximum atomic E-state index is 5.73. The molecule has 0 fully saturated rings. The minimum absolute atomic E-state index is 0.203. The van der Waals surface area contributed by atoms with Crippen molar-refractivity contribution in [2.75, 3.05) is 11.1 Å². The minimum Gasteiger partial charge on any atom is -0.398 e. The van der Waals surface area contributed by atoms with Crippen molar-refractivity contribution < 1.29 is 0 Å². The fourth-order valence-electron chi connectivity index (χ4n) is 0.910. The summed E-state index contributed by atoms with van der Waals surface area (Å²) in [7, 11) is 0. The van der Waals surface area contributed by atoms with Crippen molar-refractivity contribution in [2.45, 2.75) is 19.9 Å². The van der Waals surface area contributed by atoms with Crippen LogP contribution in [0.15, 0.2) is 24.9 Å². The van der Waals surface area contributed by atoms with Crippen molar-refractivity contribution in [3.63, 3.8) is 0 Å². The molecule has 0 aliphatic carbocycles. The molecule has 1 atom stereocenters. The molecule has 0 aliphatic rings. The number of rotatable bonds is 3. The highest BCUT2D eigenvalue weighted by Crippen LogP contribution is 2.14.